The van der Waals surface area contributed by atoms with E-state index in [9.17, 15) is 40.7 Å². The summed E-state index contributed by atoms with van der Waals surface area (Å²) in [6, 6.07) is 0. The fourth-order valence-electron chi connectivity index (χ4n) is 3.03. The molecular weight excluding hydrogens is 462 g/mol. The van der Waals surface area contributed by atoms with Gasteiger partial charge in [-0.2, -0.15) is 26.3 Å². The Morgan fingerprint density at radius 1 is 0.758 bits per heavy atom. The highest BCUT2D eigenvalue weighted by Crippen LogP contribution is 2.50. The van der Waals surface area contributed by atoms with E-state index in [1.54, 1.807) is 6.92 Å². The molecule has 0 aromatic heterocycles. The number of alkyl halides is 6. The molecule has 0 bridgehead atoms. The van der Waals surface area contributed by atoms with Gasteiger partial charge in [0.05, 0.1) is 5.41 Å². The van der Waals surface area contributed by atoms with Crippen molar-refractivity contribution < 1.29 is 54.9 Å². The average molecular weight is 494 g/mol. The molecule has 0 heterocycles. The number of hydrogen-bond acceptors (Lipinski definition) is 6. The lowest BCUT2D eigenvalue weighted by Gasteiger charge is -2.45. The average Bonchev–Trinajstić information content (AvgIpc) is 2.63. The van der Waals surface area contributed by atoms with E-state index in [4.69, 9.17) is 4.74 Å². The predicted octanol–water partition coefficient (Wildman–Crippen LogP) is 5.73. The first-order valence-electron chi connectivity index (χ1n) is 10.3. The fourth-order valence-corrected chi connectivity index (χ4v) is 3.03. The summed E-state index contributed by atoms with van der Waals surface area (Å²) in [4.78, 5) is 35.8. The summed E-state index contributed by atoms with van der Waals surface area (Å²) >= 11 is 0. The zero-order chi connectivity index (χ0) is 26.5. The minimum atomic E-state index is -5.91. The molecule has 0 spiro atoms. The van der Waals surface area contributed by atoms with Gasteiger partial charge in [-0.05, 0) is 30.6 Å². The van der Waals surface area contributed by atoms with Gasteiger partial charge in [0.25, 0.3) is 6.10 Å². The molecule has 0 rings (SSSR count). The first kappa shape index (κ1) is 31.0. The van der Waals surface area contributed by atoms with Crippen LogP contribution in [0.3, 0.4) is 0 Å². The van der Waals surface area contributed by atoms with Crippen LogP contribution in [0.25, 0.3) is 0 Å². The van der Waals surface area contributed by atoms with E-state index in [-0.39, 0.29) is 5.41 Å². The summed E-state index contributed by atoms with van der Waals surface area (Å²) in [6.45, 7) is 12.3. The lowest BCUT2D eigenvalue weighted by molar-refractivity contribution is -0.313. The number of carbonyl (C=O) groups is 3. The van der Waals surface area contributed by atoms with E-state index in [2.05, 4.69) is 9.47 Å². The van der Waals surface area contributed by atoms with Gasteiger partial charge < -0.3 is 14.2 Å². The van der Waals surface area contributed by atoms with Crippen molar-refractivity contribution in [2.24, 2.45) is 16.2 Å². The van der Waals surface area contributed by atoms with Crippen LogP contribution in [0, 0.1) is 16.2 Å². The van der Waals surface area contributed by atoms with Crippen molar-refractivity contribution in [2.45, 2.75) is 92.6 Å². The molecule has 0 saturated carbocycles. The van der Waals surface area contributed by atoms with Crippen LogP contribution in [0.5, 0.6) is 0 Å². The molecule has 0 aliphatic rings. The van der Waals surface area contributed by atoms with Crippen LogP contribution in [0.2, 0.25) is 0 Å². The van der Waals surface area contributed by atoms with Crippen molar-refractivity contribution >= 4 is 17.9 Å². The monoisotopic (exact) mass is 494 g/mol. The third kappa shape index (κ3) is 9.04. The quantitative estimate of drug-likeness (QED) is 0.158. The second kappa shape index (κ2) is 10.9. The van der Waals surface area contributed by atoms with E-state index in [1.165, 1.54) is 0 Å². The maximum absolute atomic E-state index is 12.9. The number of esters is 3. The molecule has 12 heteroatoms. The van der Waals surface area contributed by atoms with Gasteiger partial charge in [0.1, 0.15) is 6.42 Å². The van der Waals surface area contributed by atoms with Crippen LogP contribution in [0.15, 0.2) is 0 Å². The highest BCUT2D eigenvalue weighted by atomic mass is 19.4. The molecule has 0 fully saturated rings. The summed E-state index contributed by atoms with van der Waals surface area (Å²) in [7, 11) is 0. The second-order valence-corrected chi connectivity index (χ2v) is 9.46. The van der Waals surface area contributed by atoms with Crippen molar-refractivity contribution in [3.05, 3.63) is 0 Å². The smallest absolute Gasteiger partial charge is 0.434 e. The molecule has 0 saturated heterocycles. The Kier molecular flexibility index (Phi) is 10.3. The highest BCUT2D eigenvalue weighted by Gasteiger charge is 2.60. The van der Waals surface area contributed by atoms with Gasteiger partial charge in [0, 0.05) is 0 Å². The number of hydrogen-bond donors (Lipinski definition) is 0. The molecule has 33 heavy (non-hydrogen) atoms. The van der Waals surface area contributed by atoms with Crippen LogP contribution >= 0.6 is 0 Å². The summed E-state index contributed by atoms with van der Waals surface area (Å²) in [5.41, 5.74) is -1.75. The largest absolute Gasteiger partial charge is 0.442 e. The molecule has 0 amide bonds. The van der Waals surface area contributed by atoms with Crippen LogP contribution in [0.1, 0.15) is 74.1 Å². The minimum absolute atomic E-state index is 0.228. The Hall–Kier alpha value is -2.01. The van der Waals surface area contributed by atoms with E-state index in [0.717, 1.165) is 6.42 Å². The predicted molar refractivity (Wildman–Crippen MR) is 105 cm³/mol. The van der Waals surface area contributed by atoms with Gasteiger partial charge in [-0.25, -0.2) is 0 Å². The van der Waals surface area contributed by atoms with Crippen LogP contribution < -0.4 is 0 Å². The molecule has 0 aromatic rings. The van der Waals surface area contributed by atoms with Gasteiger partial charge in [-0.3, -0.25) is 14.4 Å². The van der Waals surface area contributed by atoms with Gasteiger partial charge in [-0.15, -0.1) is 0 Å². The molecule has 0 aliphatic carbocycles. The van der Waals surface area contributed by atoms with E-state index in [0.29, 0.717) is 12.8 Å². The minimum Gasteiger partial charge on any atom is -0.442 e. The Labute approximate surface area is 189 Å². The molecule has 1 atom stereocenters. The van der Waals surface area contributed by atoms with Gasteiger partial charge in [0.15, 0.2) is 0 Å². The highest BCUT2D eigenvalue weighted by molar-refractivity contribution is 5.91. The Balaban J connectivity index is 5.08. The molecule has 0 aliphatic heterocycles. The van der Waals surface area contributed by atoms with E-state index in [1.807, 2.05) is 41.5 Å². The standard InChI is InChI=1S/C21H32F6O6/c1-8-17(3,4)11-19(7,18(5,6)9-2)16(30)32-12-31-13(28)10-14(29)33-15(20(22,23)24)21(25,26)27/h15H,8-12H2,1-7H3. The lowest BCUT2D eigenvalue weighted by Crippen LogP contribution is -2.46. The zero-order valence-corrected chi connectivity index (χ0v) is 19.8. The first-order valence-corrected chi connectivity index (χ1v) is 10.3. The zero-order valence-electron chi connectivity index (χ0n) is 19.8. The third-order valence-electron chi connectivity index (χ3n) is 6.16. The molecule has 0 radical (unpaired) electrons. The maximum Gasteiger partial charge on any atom is 0.434 e. The van der Waals surface area contributed by atoms with Crippen LogP contribution in [0.4, 0.5) is 26.3 Å². The molecule has 6 nitrogen and oxygen atoms in total. The maximum atomic E-state index is 12.9. The van der Waals surface area contributed by atoms with Crippen LogP contribution in [-0.2, 0) is 28.6 Å². The van der Waals surface area contributed by atoms with Crippen LogP contribution in [-0.4, -0.2) is 43.2 Å². The van der Waals surface area contributed by atoms with Gasteiger partial charge >= 0.3 is 30.3 Å². The Morgan fingerprint density at radius 2 is 1.24 bits per heavy atom. The van der Waals surface area contributed by atoms with Crippen molar-refractivity contribution in [3.8, 4) is 0 Å². The van der Waals surface area contributed by atoms with Crippen molar-refractivity contribution in [1.29, 1.82) is 0 Å². The SMILES string of the molecule is CCC(C)(C)CC(C)(C(=O)OCOC(=O)CC(=O)OC(C(F)(F)F)C(F)(F)F)C(C)(C)CC. The number of ether oxygens (including phenoxy) is 3. The van der Waals surface area contributed by atoms with E-state index >= 15 is 0 Å². The molecular formula is C21H32F6O6. The first-order chi connectivity index (χ1) is 14.6. The molecule has 1 unspecified atom stereocenters. The second-order valence-electron chi connectivity index (χ2n) is 9.46. The van der Waals surface area contributed by atoms with Gasteiger partial charge in [-0.1, -0.05) is 48.0 Å². The summed E-state index contributed by atoms with van der Waals surface area (Å²) in [5, 5.41) is 0. The Bertz CT molecular complexity index is 684. The van der Waals surface area contributed by atoms with Crippen molar-refractivity contribution in [3.63, 3.8) is 0 Å². The molecule has 194 valence electrons. The Morgan fingerprint density at radius 3 is 1.64 bits per heavy atom. The summed E-state index contributed by atoms with van der Waals surface area (Å²) < 4.78 is 87.4. The lowest BCUT2D eigenvalue weighted by atomic mass is 9.58. The normalized spacial score (nSPS) is 15.1. The van der Waals surface area contributed by atoms with Gasteiger partial charge in [0.2, 0.25) is 6.79 Å². The van der Waals surface area contributed by atoms with Crippen molar-refractivity contribution in [1.82, 2.24) is 0 Å². The topological polar surface area (TPSA) is 78.9 Å². The summed E-state index contributed by atoms with van der Waals surface area (Å²) in [6.07, 6.45) is -15.9. The third-order valence-corrected chi connectivity index (χ3v) is 6.16. The summed E-state index contributed by atoms with van der Waals surface area (Å²) in [5.74, 6) is -4.30. The molecule has 0 aromatic carbocycles. The fraction of sp³-hybridized carbons (Fsp3) is 0.857. The number of halogens is 6. The van der Waals surface area contributed by atoms with Crippen molar-refractivity contribution in [2.75, 3.05) is 6.79 Å². The molecule has 0 N–H and O–H groups in total. The van der Waals surface area contributed by atoms with E-state index < -0.39 is 60.4 Å². The number of carbonyl (C=O) groups excluding carboxylic acids is 3. The number of rotatable bonds is 11.